The van der Waals surface area contributed by atoms with Gasteiger partial charge in [-0.2, -0.15) is 5.26 Å². The Morgan fingerprint density at radius 1 is 1.61 bits per heavy atom. The number of rotatable bonds is 5. The van der Waals surface area contributed by atoms with E-state index in [0.717, 1.165) is 4.88 Å². The van der Waals surface area contributed by atoms with Crippen molar-refractivity contribution in [3.05, 3.63) is 22.4 Å². The standard InChI is InChI=1S/C14H20N2OS/c1-5-14(4,9-15)13(17)16-12(10(2)3)11-7-6-8-18-11/h6-8,10,12H,5H2,1-4H3,(H,16,17). The quantitative estimate of drug-likeness (QED) is 0.885. The van der Waals surface area contributed by atoms with Crippen LogP contribution in [0.1, 0.15) is 45.0 Å². The molecule has 2 atom stereocenters. The van der Waals surface area contributed by atoms with E-state index in [0.29, 0.717) is 12.3 Å². The lowest BCUT2D eigenvalue weighted by Crippen LogP contribution is -2.41. The van der Waals surface area contributed by atoms with Crippen LogP contribution >= 0.6 is 11.3 Å². The van der Waals surface area contributed by atoms with Gasteiger partial charge in [0.15, 0.2) is 0 Å². The molecule has 98 valence electrons. The van der Waals surface area contributed by atoms with E-state index < -0.39 is 5.41 Å². The Hall–Kier alpha value is -1.34. The normalized spacial score (nSPS) is 15.8. The van der Waals surface area contributed by atoms with E-state index in [1.165, 1.54) is 0 Å². The molecule has 0 radical (unpaired) electrons. The molecule has 0 aliphatic heterocycles. The number of amides is 1. The monoisotopic (exact) mass is 264 g/mol. The first-order valence-electron chi connectivity index (χ1n) is 6.20. The molecule has 0 saturated carbocycles. The Balaban J connectivity index is 2.87. The van der Waals surface area contributed by atoms with Gasteiger partial charge in [0.1, 0.15) is 5.41 Å². The van der Waals surface area contributed by atoms with Crippen LogP contribution in [0.5, 0.6) is 0 Å². The first kappa shape index (κ1) is 14.7. The maximum absolute atomic E-state index is 12.2. The molecular weight excluding hydrogens is 244 g/mol. The number of carbonyl (C=O) groups is 1. The van der Waals surface area contributed by atoms with Crippen LogP contribution in [0.25, 0.3) is 0 Å². The van der Waals surface area contributed by atoms with E-state index >= 15 is 0 Å². The lowest BCUT2D eigenvalue weighted by atomic mass is 9.87. The molecule has 2 unspecified atom stereocenters. The second kappa shape index (κ2) is 6.01. The molecule has 0 spiro atoms. The van der Waals surface area contributed by atoms with Gasteiger partial charge in [0.05, 0.1) is 12.1 Å². The van der Waals surface area contributed by atoms with Crippen LogP contribution in [-0.2, 0) is 4.79 Å². The fraction of sp³-hybridized carbons (Fsp3) is 0.571. The maximum atomic E-state index is 12.2. The molecule has 0 aromatic carbocycles. The molecule has 0 aliphatic carbocycles. The minimum Gasteiger partial charge on any atom is -0.347 e. The van der Waals surface area contributed by atoms with E-state index in [1.54, 1.807) is 18.3 Å². The lowest BCUT2D eigenvalue weighted by molar-refractivity contribution is -0.128. The average molecular weight is 264 g/mol. The molecule has 18 heavy (non-hydrogen) atoms. The van der Waals surface area contributed by atoms with E-state index in [2.05, 4.69) is 25.2 Å². The van der Waals surface area contributed by atoms with Crippen LogP contribution in [0.2, 0.25) is 0 Å². The molecule has 3 nitrogen and oxygen atoms in total. The lowest BCUT2D eigenvalue weighted by Gasteiger charge is -2.26. The Morgan fingerprint density at radius 2 is 2.28 bits per heavy atom. The average Bonchev–Trinajstić information content (AvgIpc) is 2.87. The summed E-state index contributed by atoms with van der Waals surface area (Å²) >= 11 is 1.63. The summed E-state index contributed by atoms with van der Waals surface area (Å²) in [6.45, 7) is 7.69. The molecule has 1 aromatic heterocycles. The van der Waals surface area contributed by atoms with Crippen LogP contribution in [0.3, 0.4) is 0 Å². The molecule has 1 rings (SSSR count). The van der Waals surface area contributed by atoms with Gasteiger partial charge in [-0.3, -0.25) is 4.79 Å². The van der Waals surface area contributed by atoms with Crippen molar-refractivity contribution in [3.8, 4) is 6.07 Å². The Bertz CT molecular complexity index is 433. The van der Waals surface area contributed by atoms with Crippen LogP contribution in [0, 0.1) is 22.7 Å². The largest absolute Gasteiger partial charge is 0.347 e. The first-order valence-corrected chi connectivity index (χ1v) is 7.08. The van der Waals surface area contributed by atoms with Gasteiger partial charge in [0.2, 0.25) is 5.91 Å². The molecule has 0 saturated heterocycles. The second-order valence-corrected chi connectivity index (χ2v) is 5.99. The summed E-state index contributed by atoms with van der Waals surface area (Å²) in [5.74, 6) is 0.118. The van der Waals surface area contributed by atoms with Crippen LogP contribution in [0.15, 0.2) is 17.5 Å². The van der Waals surface area contributed by atoms with Crippen molar-refractivity contribution in [2.45, 2.75) is 40.2 Å². The third kappa shape index (κ3) is 3.11. The number of carbonyl (C=O) groups excluding carboxylic acids is 1. The molecular formula is C14H20N2OS. The number of nitrogens with one attached hydrogen (secondary N) is 1. The Morgan fingerprint density at radius 3 is 2.67 bits per heavy atom. The van der Waals surface area contributed by atoms with Crippen LogP contribution in [0.4, 0.5) is 0 Å². The van der Waals surface area contributed by atoms with Crippen molar-refractivity contribution < 1.29 is 4.79 Å². The fourth-order valence-electron chi connectivity index (χ4n) is 1.63. The summed E-state index contributed by atoms with van der Waals surface area (Å²) < 4.78 is 0. The smallest absolute Gasteiger partial charge is 0.240 e. The molecule has 0 bridgehead atoms. The predicted molar refractivity (Wildman–Crippen MR) is 74.1 cm³/mol. The maximum Gasteiger partial charge on any atom is 0.240 e. The van der Waals surface area contributed by atoms with E-state index in [1.807, 2.05) is 24.4 Å². The minimum absolute atomic E-state index is 0.0169. The van der Waals surface area contributed by atoms with E-state index in [4.69, 9.17) is 5.26 Å². The van der Waals surface area contributed by atoms with Crippen LogP contribution in [-0.4, -0.2) is 5.91 Å². The van der Waals surface area contributed by atoms with Gasteiger partial charge in [-0.15, -0.1) is 11.3 Å². The zero-order valence-corrected chi connectivity index (χ0v) is 12.2. The van der Waals surface area contributed by atoms with E-state index in [9.17, 15) is 4.79 Å². The van der Waals surface area contributed by atoms with Gasteiger partial charge >= 0.3 is 0 Å². The van der Waals surface area contributed by atoms with Gasteiger partial charge in [0.25, 0.3) is 0 Å². The first-order chi connectivity index (χ1) is 8.44. The van der Waals surface area contributed by atoms with Gasteiger partial charge in [-0.25, -0.2) is 0 Å². The van der Waals surface area contributed by atoms with Crippen molar-refractivity contribution in [1.82, 2.24) is 5.32 Å². The van der Waals surface area contributed by atoms with Crippen LogP contribution < -0.4 is 5.32 Å². The number of thiophene rings is 1. The van der Waals surface area contributed by atoms with Gasteiger partial charge in [0, 0.05) is 4.88 Å². The third-order valence-corrected chi connectivity index (χ3v) is 4.21. The highest BCUT2D eigenvalue weighted by Crippen LogP contribution is 2.28. The number of nitrogens with zero attached hydrogens (tertiary/aromatic N) is 1. The van der Waals surface area contributed by atoms with Crippen molar-refractivity contribution >= 4 is 17.2 Å². The highest BCUT2D eigenvalue weighted by Gasteiger charge is 2.33. The summed E-state index contributed by atoms with van der Waals surface area (Å²) in [6.07, 6.45) is 0.518. The highest BCUT2D eigenvalue weighted by atomic mass is 32.1. The SMILES string of the molecule is CCC(C)(C#N)C(=O)NC(c1cccs1)C(C)C. The molecule has 1 aromatic rings. The summed E-state index contributed by atoms with van der Waals surface area (Å²) in [5, 5.41) is 14.1. The van der Waals surface area contributed by atoms with Gasteiger partial charge in [-0.05, 0) is 30.7 Å². The summed E-state index contributed by atoms with van der Waals surface area (Å²) in [6, 6.07) is 6.09. The predicted octanol–water partition coefficient (Wildman–Crippen LogP) is 3.50. The van der Waals surface area contributed by atoms with Crippen molar-refractivity contribution in [2.75, 3.05) is 0 Å². The minimum atomic E-state index is -0.940. The van der Waals surface area contributed by atoms with Gasteiger partial charge in [-0.1, -0.05) is 26.8 Å². The molecule has 0 fully saturated rings. The molecule has 0 aliphatic rings. The zero-order chi connectivity index (χ0) is 13.8. The molecule has 1 heterocycles. The van der Waals surface area contributed by atoms with Crippen molar-refractivity contribution in [2.24, 2.45) is 11.3 Å². The van der Waals surface area contributed by atoms with E-state index in [-0.39, 0.29) is 11.9 Å². The Labute approximate surface area is 113 Å². The summed E-state index contributed by atoms with van der Waals surface area (Å²) in [7, 11) is 0. The van der Waals surface area contributed by atoms with Crippen molar-refractivity contribution in [3.63, 3.8) is 0 Å². The second-order valence-electron chi connectivity index (χ2n) is 5.01. The zero-order valence-electron chi connectivity index (χ0n) is 11.4. The van der Waals surface area contributed by atoms with Crippen molar-refractivity contribution in [1.29, 1.82) is 5.26 Å². The Kier molecular flexibility index (Phi) is 4.92. The van der Waals surface area contributed by atoms with Gasteiger partial charge < -0.3 is 5.32 Å². The third-order valence-electron chi connectivity index (χ3n) is 3.26. The topological polar surface area (TPSA) is 52.9 Å². The number of hydrogen-bond acceptors (Lipinski definition) is 3. The molecule has 1 amide bonds. The fourth-order valence-corrected chi connectivity index (χ4v) is 2.57. The summed E-state index contributed by atoms with van der Waals surface area (Å²) in [4.78, 5) is 13.3. The highest BCUT2D eigenvalue weighted by molar-refractivity contribution is 7.10. The molecule has 4 heteroatoms. The number of hydrogen-bond donors (Lipinski definition) is 1. The number of nitriles is 1. The molecule has 1 N–H and O–H groups in total. The summed E-state index contributed by atoms with van der Waals surface area (Å²) in [5.41, 5.74) is -0.940.